The van der Waals surface area contributed by atoms with E-state index >= 15 is 0 Å². The van der Waals surface area contributed by atoms with Crippen molar-refractivity contribution in [1.29, 1.82) is 0 Å². The van der Waals surface area contributed by atoms with Crippen LogP contribution in [0.2, 0.25) is 0 Å². The lowest BCUT2D eigenvalue weighted by atomic mass is 9.61. The number of fused-ring (bicyclic) bond motifs is 2. The van der Waals surface area contributed by atoms with Gasteiger partial charge in [0.25, 0.3) is 0 Å². The molecule has 0 saturated carbocycles. The fraction of sp³-hybridized carbons (Fsp3) is 0.0500. The molecule has 7 aromatic rings. The zero-order chi connectivity index (χ0) is 28.6. The first-order valence-corrected chi connectivity index (χ1v) is 14.7. The van der Waals surface area contributed by atoms with Crippen LogP contribution in [-0.2, 0) is 5.41 Å². The quantitative estimate of drug-likeness (QED) is 0.213. The summed E-state index contributed by atoms with van der Waals surface area (Å²) in [7, 11) is 0. The lowest BCUT2D eigenvalue weighted by Gasteiger charge is -2.40. The Morgan fingerprint density at radius 1 is 0.512 bits per heavy atom. The van der Waals surface area contributed by atoms with E-state index in [9.17, 15) is 0 Å². The molecule has 0 fully saturated rings. The molecule has 1 aliphatic carbocycles. The molecule has 3 heteroatoms. The van der Waals surface area contributed by atoms with Crippen LogP contribution in [0.1, 0.15) is 23.1 Å². The molecule has 0 spiro atoms. The zero-order valence-corrected chi connectivity index (χ0v) is 23.5. The molecular formula is C40H28N2O. The summed E-state index contributed by atoms with van der Waals surface area (Å²) in [4.78, 5) is 0. The van der Waals surface area contributed by atoms with Crippen LogP contribution in [0.3, 0.4) is 0 Å². The molecule has 204 valence electrons. The second-order valence-electron chi connectivity index (χ2n) is 11.0. The topological polar surface area (TPSA) is 38.9 Å². The van der Waals surface area contributed by atoms with Gasteiger partial charge in [0.2, 0.25) is 11.8 Å². The van der Waals surface area contributed by atoms with Gasteiger partial charge < -0.3 is 4.42 Å². The van der Waals surface area contributed by atoms with Crippen molar-refractivity contribution < 1.29 is 4.42 Å². The maximum atomic E-state index is 6.34. The largest absolute Gasteiger partial charge is 0.416 e. The average Bonchev–Trinajstić information content (AvgIpc) is 3.59. The molecule has 43 heavy (non-hydrogen) atoms. The van der Waals surface area contributed by atoms with E-state index in [1.165, 1.54) is 38.2 Å². The van der Waals surface area contributed by atoms with Gasteiger partial charge in [0.15, 0.2) is 0 Å². The lowest BCUT2D eigenvalue weighted by Crippen LogP contribution is -2.31. The van der Waals surface area contributed by atoms with Crippen molar-refractivity contribution in [3.63, 3.8) is 0 Å². The van der Waals surface area contributed by atoms with Gasteiger partial charge in [-0.3, -0.25) is 0 Å². The second-order valence-corrected chi connectivity index (χ2v) is 11.0. The molecule has 0 unspecified atom stereocenters. The van der Waals surface area contributed by atoms with Crippen molar-refractivity contribution in [2.75, 3.05) is 0 Å². The van der Waals surface area contributed by atoms with Gasteiger partial charge in [0.1, 0.15) is 0 Å². The van der Waals surface area contributed by atoms with E-state index in [1.807, 2.05) is 36.4 Å². The molecule has 0 saturated heterocycles. The molecule has 1 aromatic heterocycles. The number of hydrogen-bond donors (Lipinski definition) is 0. The van der Waals surface area contributed by atoms with Crippen LogP contribution in [0, 0.1) is 0 Å². The maximum absolute atomic E-state index is 6.34. The summed E-state index contributed by atoms with van der Waals surface area (Å²) >= 11 is 0. The highest BCUT2D eigenvalue weighted by Gasteiger charge is 2.42. The highest BCUT2D eigenvalue weighted by atomic mass is 16.4. The van der Waals surface area contributed by atoms with Gasteiger partial charge in [-0.2, -0.15) is 0 Å². The molecular weight excluding hydrogens is 524 g/mol. The van der Waals surface area contributed by atoms with Crippen LogP contribution in [0.25, 0.3) is 50.0 Å². The number of rotatable bonds is 5. The Balaban J connectivity index is 1.42. The minimum atomic E-state index is -0.477. The Bertz CT molecular complexity index is 2080. The maximum Gasteiger partial charge on any atom is 0.248 e. The van der Waals surface area contributed by atoms with Gasteiger partial charge in [-0.15, -0.1) is 10.2 Å². The molecule has 6 aromatic carbocycles. The lowest BCUT2D eigenvalue weighted by molar-refractivity contribution is 0.584. The van der Waals surface area contributed by atoms with Crippen LogP contribution < -0.4 is 0 Å². The molecule has 1 heterocycles. The molecule has 0 radical (unpaired) electrons. The molecule has 0 aliphatic heterocycles. The summed E-state index contributed by atoms with van der Waals surface area (Å²) in [5.74, 6) is 1.02. The summed E-state index contributed by atoms with van der Waals surface area (Å²) in [5.41, 5.74) is 6.19. The minimum Gasteiger partial charge on any atom is -0.416 e. The normalized spacial score (nSPS) is 14.2. The third-order valence-corrected chi connectivity index (χ3v) is 8.68. The standard InChI is InChI=1S/C40H28N2O/c1-2-16-30(17-3-1)38-41-42-39(43-38)34-23-9-8-22-33(34)37-24-10-11-27-40(37,35-25-12-18-28-14-4-6-20-31(28)35)36-26-13-19-29-15-5-7-21-32(29)36/h1-26H,27H2. The highest BCUT2D eigenvalue weighted by molar-refractivity contribution is 5.99. The van der Waals surface area contributed by atoms with Crippen LogP contribution in [-0.4, -0.2) is 10.2 Å². The molecule has 3 nitrogen and oxygen atoms in total. The predicted octanol–water partition coefficient (Wildman–Crippen LogP) is 10.0. The Hall–Kier alpha value is -5.54. The Morgan fingerprint density at radius 3 is 1.77 bits per heavy atom. The van der Waals surface area contributed by atoms with Crippen molar-refractivity contribution in [1.82, 2.24) is 10.2 Å². The first kappa shape index (κ1) is 25.2. The fourth-order valence-electron chi connectivity index (χ4n) is 6.77. The van der Waals surface area contributed by atoms with E-state index < -0.39 is 5.41 Å². The number of allylic oxidation sites excluding steroid dienone is 4. The number of aromatic nitrogens is 2. The average molecular weight is 553 g/mol. The van der Waals surface area contributed by atoms with E-state index in [2.05, 4.69) is 132 Å². The van der Waals surface area contributed by atoms with Gasteiger partial charge in [0, 0.05) is 11.1 Å². The summed E-state index contributed by atoms with van der Waals surface area (Å²) in [5, 5.41) is 13.9. The summed E-state index contributed by atoms with van der Waals surface area (Å²) < 4.78 is 6.34. The first-order chi connectivity index (χ1) is 21.3. The van der Waals surface area contributed by atoms with Crippen molar-refractivity contribution in [3.05, 3.63) is 174 Å². The number of nitrogens with zero attached hydrogens (tertiary/aromatic N) is 2. The Labute approximate surface area is 250 Å². The smallest absolute Gasteiger partial charge is 0.248 e. The zero-order valence-electron chi connectivity index (χ0n) is 23.5. The fourth-order valence-corrected chi connectivity index (χ4v) is 6.77. The first-order valence-electron chi connectivity index (χ1n) is 14.7. The minimum absolute atomic E-state index is 0.477. The molecule has 8 rings (SSSR count). The van der Waals surface area contributed by atoms with E-state index in [0.29, 0.717) is 11.8 Å². The van der Waals surface area contributed by atoms with Crippen molar-refractivity contribution >= 4 is 27.1 Å². The van der Waals surface area contributed by atoms with Crippen LogP contribution in [0.15, 0.2) is 162 Å². The van der Waals surface area contributed by atoms with Gasteiger partial charge in [-0.25, -0.2) is 0 Å². The van der Waals surface area contributed by atoms with Gasteiger partial charge >= 0.3 is 0 Å². The number of hydrogen-bond acceptors (Lipinski definition) is 3. The van der Waals surface area contributed by atoms with E-state index in [1.54, 1.807) is 0 Å². The van der Waals surface area contributed by atoms with Gasteiger partial charge in [0.05, 0.1) is 5.41 Å². The molecule has 0 atom stereocenters. The van der Waals surface area contributed by atoms with E-state index in [0.717, 1.165) is 23.1 Å². The van der Waals surface area contributed by atoms with Crippen molar-refractivity contribution in [3.8, 4) is 22.9 Å². The third kappa shape index (κ3) is 4.12. The van der Waals surface area contributed by atoms with Crippen LogP contribution in [0.4, 0.5) is 0 Å². The van der Waals surface area contributed by atoms with Crippen LogP contribution >= 0.6 is 0 Å². The molecule has 0 bridgehead atoms. The SMILES string of the molecule is C1=CCC(c2cccc3ccccc23)(c2cccc3ccccc23)C(c2ccccc2-c2nnc(-c3ccccc3)o2)=C1. The van der Waals surface area contributed by atoms with Gasteiger partial charge in [-0.05, 0) is 68.4 Å². The van der Waals surface area contributed by atoms with Gasteiger partial charge in [-0.1, -0.05) is 140 Å². The predicted molar refractivity (Wildman–Crippen MR) is 176 cm³/mol. The second kappa shape index (κ2) is 10.4. The molecule has 1 aliphatic rings. The summed E-state index contributed by atoms with van der Waals surface area (Å²) in [6.45, 7) is 0. The highest BCUT2D eigenvalue weighted by Crippen LogP contribution is 2.53. The Morgan fingerprint density at radius 2 is 1.07 bits per heavy atom. The molecule has 0 N–H and O–H groups in total. The monoisotopic (exact) mass is 552 g/mol. The number of benzene rings is 6. The Kier molecular flexibility index (Phi) is 6.08. The summed E-state index contributed by atoms with van der Waals surface area (Å²) in [6, 6.07) is 49.2. The summed E-state index contributed by atoms with van der Waals surface area (Å²) in [6.07, 6.45) is 7.58. The van der Waals surface area contributed by atoms with Crippen molar-refractivity contribution in [2.24, 2.45) is 0 Å². The van der Waals surface area contributed by atoms with E-state index in [4.69, 9.17) is 4.42 Å². The van der Waals surface area contributed by atoms with Crippen molar-refractivity contribution in [2.45, 2.75) is 11.8 Å². The van der Waals surface area contributed by atoms with E-state index in [-0.39, 0.29) is 0 Å². The molecule has 0 amide bonds. The van der Waals surface area contributed by atoms with Crippen LogP contribution in [0.5, 0.6) is 0 Å². The third-order valence-electron chi connectivity index (χ3n) is 8.68.